The minimum absolute atomic E-state index is 0.0600. The van der Waals surface area contributed by atoms with Gasteiger partial charge in [0.2, 0.25) is 5.91 Å². The lowest BCUT2D eigenvalue weighted by molar-refractivity contribution is -0.151. The second-order valence-corrected chi connectivity index (χ2v) is 7.75. The predicted molar refractivity (Wildman–Crippen MR) is 90.3 cm³/mol. The molecule has 0 aromatic heterocycles. The molecule has 4 atom stereocenters. The summed E-state index contributed by atoms with van der Waals surface area (Å²) in [6.07, 6.45) is 7.02. The highest BCUT2D eigenvalue weighted by Crippen LogP contribution is 2.34. The van der Waals surface area contributed by atoms with Crippen LogP contribution in [0.25, 0.3) is 0 Å². The molecule has 0 radical (unpaired) electrons. The standard InChI is InChI=1S/C16H19N3O5S/c1-8-7-25(24)15-11(14(21)19(15)12(8)16(22)23)18-13(20)10(17)9-5-3-2-4-6-9/h2-3,6,10-11,15H,4-5,7,17H2,1H3,(H,18,20)(H,22,23)/t10-,11-,15-,25?/m1/s1. The first-order chi connectivity index (χ1) is 11.8. The van der Waals surface area contributed by atoms with E-state index >= 15 is 0 Å². The van der Waals surface area contributed by atoms with Gasteiger partial charge in [-0.3, -0.25) is 18.7 Å². The number of nitrogens with two attached hydrogens (primary N) is 1. The molecule has 1 aliphatic carbocycles. The number of carboxylic acids is 1. The summed E-state index contributed by atoms with van der Waals surface area (Å²) in [7, 11) is -1.48. The van der Waals surface area contributed by atoms with Crippen molar-refractivity contribution in [3.8, 4) is 0 Å². The van der Waals surface area contributed by atoms with Crippen molar-refractivity contribution in [2.75, 3.05) is 5.75 Å². The average Bonchev–Trinajstić information content (AvgIpc) is 2.58. The SMILES string of the molecule is CC1=C(C(=O)O)N2C(=O)[C@@H](NC(=O)[C@H](N)C3=CCC=CC3)[C@H]2S(=O)C1. The van der Waals surface area contributed by atoms with E-state index in [0.717, 1.165) is 10.5 Å². The summed E-state index contributed by atoms with van der Waals surface area (Å²) in [6, 6.07) is -1.90. The first-order valence-corrected chi connectivity index (χ1v) is 9.24. The maximum absolute atomic E-state index is 12.4. The molecule has 4 N–H and O–H groups in total. The van der Waals surface area contributed by atoms with Crippen LogP contribution in [0.15, 0.2) is 35.1 Å². The number of nitrogens with one attached hydrogen (secondary N) is 1. The Morgan fingerprint density at radius 3 is 2.76 bits per heavy atom. The van der Waals surface area contributed by atoms with Gasteiger partial charge in [-0.15, -0.1) is 0 Å². The van der Waals surface area contributed by atoms with Crippen LogP contribution in [0.2, 0.25) is 0 Å². The molecule has 8 nitrogen and oxygen atoms in total. The van der Waals surface area contributed by atoms with E-state index in [1.807, 2.05) is 18.2 Å². The molecule has 0 saturated carbocycles. The Balaban J connectivity index is 1.74. The highest BCUT2D eigenvalue weighted by Gasteiger charge is 2.56. The monoisotopic (exact) mass is 365 g/mol. The molecule has 1 fully saturated rings. The molecular weight excluding hydrogens is 346 g/mol. The number of allylic oxidation sites excluding steroid dienone is 3. The number of nitrogens with zero attached hydrogens (tertiary/aromatic N) is 1. The van der Waals surface area contributed by atoms with Crippen LogP contribution in [-0.2, 0) is 25.2 Å². The second kappa shape index (κ2) is 6.57. The molecule has 0 spiro atoms. The fourth-order valence-electron chi connectivity index (χ4n) is 3.25. The number of β-lactam (4-membered cyclic amide) rings is 1. The number of carboxylic acid groups (broad SMARTS) is 1. The van der Waals surface area contributed by atoms with E-state index in [1.165, 1.54) is 6.92 Å². The number of carbonyl (C=O) groups excluding carboxylic acids is 2. The van der Waals surface area contributed by atoms with Crippen LogP contribution in [0.3, 0.4) is 0 Å². The quantitative estimate of drug-likeness (QED) is 0.449. The molecule has 3 aliphatic rings. The lowest BCUT2D eigenvalue weighted by atomic mass is 9.97. The Morgan fingerprint density at radius 1 is 1.44 bits per heavy atom. The molecular formula is C16H19N3O5S. The number of rotatable bonds is 4. The normalized spacial score (nSPS) is 29.5. The Hall–Kier alpha value is -2.26. The fourth-order valence-corrected chi connectivity index (χ4v) is 4.91. The summed E-state index contributed by atoms with van der Waals surface area (Å²) in [5.41, 5.74) is 6.94. The summed E-state index contributed by atoms with van der Waals surface area (Å²) in [5.74, 6) is -2.29. The zero-order valence-corrected chi connectivity index (χ0v) is 14.4. The molecule has 25 heavy (non-hydrogen) atoms. The summed E-state index contributed by atoms with van der Waals surface area (Å²) < 4.78 is 12.3. The molecule has 2 amide bonds. The number of fused-ring (bicyclic) bond motifs is 1. The Kier molecular flexibility index (Phi) is 4.61. The van der Waals surface area contributed by atoms with E-state index in [9.17, 15) is 23.7 Å². The van der Waals surface area contributed by atoms with Crippen LogP contribution in [0.1, 0.15) is 19.8 Å². The molecule has 134 valence electrons. The topological polar surface area (TPSA) is 130 Å². The molecule has 1 unspecified atom stereocenters. The zero-order chi connectivity index (χ0) is 18.3. The van der Waals surface area contributed by atoms with Crippen molar-refractivity contribution in [1.29, 1.82) is 0 Å². The van der Waals surface area contributed by atoms with Crippen LogP contribution in [0.4, 0.5) is 0 Å². The van der Waals surface area contributed by atoms with Crippen molar-refractivity contribution in [1.82, 2.24) is 10.2 Å². The number of hydrogen-bond acceptors (Lipinski definition) is 5. The molecule has 0 bridgehead atoms. The molecule has 1 saturated heterocycles. The Bertz CT molecular complexity index is 770. The number of hydrogen-bond donors (Lipinski definition) is 3. The van der Waals surface area contributed by atoms with Gasteiger partial charge in [0.25, 0.3) is 5.91 Å². The van der Waals surface area contributed by atoms with Gasteiger partial charge in [-0.25, -0.2) is 4.79 Å². The van der Waals surface area contributed by atoms with E-state index in [1.54, 1.807) is 0 Å². The maximum Gasteiger partial charge on any atom is 0.352 e. The van der Waals surface area contributed by atoms with Crippen LogP contribution in [-0.4, -0.2) is 55.2 Å². The molecule has 9 heteroatoms. The highest BCUT2D eigenvalue weighted by atomic mass is 32.2. The van der Waals surface area contributed by atoms with Gasteiger partial charge < -0.3 is 16.2 Å². The Morgan fingerprint density at radius 2 is 2.16 bits per heavy atom. The van der Waals surface area contributed by atoms with Gasteiger partial charge in [-0.2, -0.15) is 0 Å². The fraction of sp³-hybridized carbons (Fsp3) is 0.438. The lowest BCUT2D eigenvalue weighted by Crippen LogP contribution is -2.74. The molecule has 2 aliphatic heterocycles. The summed E-state index contributed by atoms with van der Waals surface area (Å²) in [4.78, 5) is 37.1. The largest absolute Gasteiger partial charge is 0.477 e. The van der Waals surface area contributed by atoms with Crippen molar-refractivity contribution < 1.29 is 23.7 Å². The first-order valence-electron chi connectivity index (χ1n) is 7.86. The summed E-state index contributed by atoms with van der Waals surface area (Å²) in [5, 5.41) is 11.0. The van der Waals surface area contributed by atoms with E-state index < -0.39 is 46.0 Å². The van der Waals surface area contributed by atoms with Crippen molar-refractivity contribution in [3.05, 3.63) is 35.1 Å². The molecule has 0 aromatic rings. The number of aliphatic carboxylic acids is 1. The highest BCUT2D eigenvalue weighted by molar-refractivity contribution is 7.86. The van der Waals surface area contributed by atoms with Crippen LogP contribution >= 0.6 is 0 Å². The van der Waals surface area contributed by atoms with Gasteiger partial charge in [0.1, 0.15) is 23.2 Å². The molecule has 0 aromatic carbocycles. The second-order valence-electron chi connectivity index (χ2n) is 6.21. The van der Waals surface area contributed by atoms with Crippen LogP contribution in [0, 0.1) is 0 Å². The van der Waals surface area contributed by atoms with Crippen molar-refractivity contribution in [2.45, 2.75) is 37.2 Å². The summed E-state index contributed by atoms with van der Waals surface area (Å²) >= 11 is 0. The Labute approximate surface area is 146 Å². The minimum atomic E-state index is -1.48. The predicted octanol–water partition coefficient (Wildman–Crippen LogP) is -0.636. The molecule has 2 heterocycles. The van der Waals surface area contributed by atoms with E-state index in [0.29, 0.717) is 18.4 Å². The van der Waals surface area contributed by atoms with Gasteiger partial charge in [0, 0.05) is 5.75 Å². The third-order valence-electron chi connectivity index (χ3n) is 4.54. The van der Waals surface area contributed by atoms with Gasteiger partial charge in [-0.1, -0.05) is 18.2 Å². The van der Waals surface area contributed by atoms with E-state index in [2.05, 4.69) is 5.32 Å². The van der Waals surface area contributed by atoms with Crippen molar-refractivity contribution >= 4 is 28.6 Å². The van der Waals surface area contributed by atoms with Gasteiger partial charge in [0.15, 0.2) is 0 Å². The number of amides is 2. The first kappa shape index (κ1) is 17.6. The summed E-state index contributed by atoms with van der Waals surface area (Å²) in [6.45, 7) is 1.54. The average molecular weight is 365 g/mol. The van der Waals surface area contributed by atoms with Gasteiger partial charge in [-0.05, 0) is 30.9 Å². The van der Waals surface area contributed by atoms with Gasteiger partial charge in [0.05, 0.1) is 10.8 Å². The van der Waals surface area contributed by atoms with E-state index in [4.69, 9.17) is 5.73 Å². The van der Waals surface area contributed by atoms with E-state index in [-0.39, 0.29) is 11.4 Å². The molecule has 3 rings (SSSR count). The van der Waals surface area contributed by atoms with Crippen molar-refractivity contribution in [2.24, 2.45) is 5.73 Å². The minimum Gasteiger partial charge on any atom is -0.477 e. The lowest BCUT2D eigenvalue weighted by Gasteiger charge is -2.49. The zero-order valence-electron chi connectivity index (χ0n) is 13.6. The van der Waals surface area contributed by atoms with Crippen LogP contribution < -0.4 is 11.1 Å². The maximum atomic E-state index is 12.4. The third-order valence-corrected chi connectivity index (χ3v) is 6.27. The third kappa shape index (κ3) is 2.93. The number of carbonyl (C=O) groups is 3. The smallest absolute Gasteiger partial charge is 0.352 e. The van der Waals surface area contributed by atoms with Crippen LogP contribution in [0.5, 0.6) is 0 Å². The van der Waals surface area contributed by atoms with Crippen molar-refractivity contribution in [3.63, 3.8) is 0 Å². The van der Waals surface area contributed by atoms with Gasteiger partial charge >= 0.3 is 5.97 Å².